The molecule has 0 unspecified atom stereocenters. The summed E-state index contributed by atoms with van der Waals surface area (Å²) in [5.74, 6) is 0. The van der Waals surface area contributed by atoms with Crippen molar-refractivity contribution in [3.8, 4) is 6.07 Å². The molecule has 0 radical (unpaired) electrons. The molecule has 0 aliphatic heterocycles. The van der Waals surface area contributed by atoms with E-state index in [9.17, 15) is 0 Å². The van der Waals surface area contributed by atoms with Gasteiger partial charge in [-0.1, -0.05) is 12.1 Å². The Kier molecular flexibility index (Phi) is 3.53. The molecule has 1 aromatic rings. The third-order valence-electron chi connectivity index (χ3n) is 1.53. The molecule has 0 aliphatic rings. The molecular weight excluding hydrogens is 230 g/mol. The third kappa shape index (κ3) is 2.33. The first-order valence-electron chi connectivity index (χ1n) is 3.67. The minimum Gasteiger partial charge on any atom is -0.504 e. The maximum absolute atomic E-state index is 8.73. The van der Waals surface area contributed by atoms with Gasteiger partial charge in [0.05, 0.1) is 18.9 Å². The van der Waals surface area contributed by atoms with Gasteiger partial charge in [0, 0.05) is 4.47 Å². The Bertz CT molecular complexity index is 366. The molecule has 0 amide bonds. The monoisotopic (exact) mass is 237 g/mol. The number of ether oxygens (including phenoxy) is 1. The van der Waals surface area contributed by atoms with Crippen LogP contribution in [0.2, 0.25) is 0 Å². The van der Waals surface area contributed by atoms with Crippen LogP contribution in [-0.4, -0.2) is 7.11 Å². The molecule has 1 rings (SSSR count). The first-order valence-corrected chi connectivity index (χ1v) is 4.47. The van der Waals surface area contributed by atoms with Gasteiger partial charge < -0.3 is 4.74 Å². The van der Waals surface area contributed by atoms with Crippen LogP contribution >= 0.6 is 15.9 Å². The van der Waals surface area contributed by atoms with E-state index < -0.39 is 0 Å². The van der Waals surface area contributed by atoms with Gasteiger partial charge in [0.25, 0.3) is 0 Å². The number of halogens is 1. The van der Waals surface area contributed by atoms with E-state index in [1.54, 1.807) is 25.5 Å². The molecule has 0 atom stereocenters. The van der Waals surface area contributed by atoms with Gasteiger partial charge in [-0.25, -0.2) is 0 Å². The second-order valence-electron chi connectivity index (χ2n) is 2.36. The van der Waals surface area contributed by atoms with Crippen LogP contribution in [0.4, 0.5) is 0 Å². The average Bonchev–Trinajstić information content (AvgIpc) is 2.16. The van der Waals surface area contributed by atoms with Gasteiger partial charge in [-0.15, -0.1) is 0 Å². The Morgan fingerprint density at radius 2 is 2.31 bits per heavy atom. The first kappa shape index (κ1) is 9.82. The Morgan fingerprint density at radius 1 is 1.54 bits per heavy atom. The van der Waals surface area contributed by atoms with Crippen molar-refractivity contribution in [2.24, 2.45) is 0 Å². The number of benzene rings is 1. The minimum absolute atomic E-state index is 0.623. The second kappa shape index (κ2) is 4.68. The van der Waals surface area contributed by atoms with Gasteiger partial charge >= 0.3 is 0 Å². The van der Waals surface area contributed by atoms with E-state index >= 15 is 0 Å². The predicted molar refractivity (Wildman–Crippen MR) is 54.9 cm³/mol. The lowest BCUT2D eigenvalue weighted by molar-refractivity contribution is 0.341. The van der Waals surface area contributed by atoms with Crippen LogP contribution < -0.4 is 0 Å². The quantitative estimate of drug-likeness (QED) is 0.742. The number of nitriles is 1. The van der Waals surface area contributed by atoms with Gasteiger partial charge in [0.15, 0.2) is 0 Å². The fraction of sp³-hybridized carbons (Fsp3) is 0.100. The topological polar surface area (TPSA) is 33.0 Å². The Labute approximate surface area is 85.6 Å². The lowest BCUT2D eigenvalue weighted by Crippen LogP contribution is -1.81. The highest BCUT2D eigenvalue weighted by molar-refractivity contribution is 9.10. The minimum atomic E-state index is 0.623. The standard InChI is InChI=1S/C10H8BrNO/c1-13-6-5-8-3-2-4-9(7-12)10(8)11/h2-6H,1H3. The zero-order chi connectivity index (χ0) is 9.68. The molecule has 13 heavy (non-hydrogen) atoms. The van der Waals surface area contributed by atoms with Gasteiger partial charge in [-0.3, -0.25) is 0 Å². The fourth-order valence-electron chi connectivity index (χ4n) is 0.906. The second-order valence-corrected chi connectivity index (χ2v) is 3.15. The smallest absolute Gasteiger partial charge is 0.100 e. The molecule has 0 spiro atoms. The fourth-order valence-corrected chi connectivity index (χ4v) is 1.39. The number of hydrogen-bond acceptors (Lipinski definition) is 2. The lowest BCUT2D eigenvalue weighted by atomic mass is 10.1. The van der Waals surface area contributed by atoms with Crippen molar-refractivity contribution in [3.63, 3.8) is 0 Å². The van der Waals surface area contributed by atoms with Crippen molar-refractivity contribution in [2.75, 3.05) is 7.11 Å². The van der Waals surface area contributed by atoms with Crippen LogP contribution in [0.3, 0.4) is 0 Å². The molecule has 0 bridgehead atoms. The molecule has 0 aromatic heterocycles. The number of hydrogen-bond donors (Lipinski definition) is 0. The third-order valence-corrected chi connectivity index (χ3v) is 2.42. The van der Waals surface area contributed by atoms with E-state index in [4.69, 9.17) is 10.00 Å². The van der Waals surface area contributed by atoms with Crippen molar-refractivity contribution in [1.29, 1.82) is 5.26 Å². The molecule has 0 heterocycles. The maximum atomic E-state index is 8.73. The maximum Gasteiger partial charge on any atom is 0.100 e. The average molecular weight is 238 g/mol. The van der Waals surface area contributed by atoms with Gasteiger partial charge in [0.1, 0.15) is 6.07 Å². The molecule has 0 saturated carbocycles. The largest absolute Gasteiger partial charge is 0.504 e. The summed E-state index contributed by atoms with van der Waals surface area (Å²) in [4.78, 5) is 0. The molecule has 0 N–H and O–H groups in total. The molecule has 0 fully saturated rings. The van der Waals surface area contributed by atoms with Crippen LogP contribution in [0.15, 0.2) is 28.9 Å². The summed E-state index contributed by atoms with van der Waals surface area (Å²) < 4.78 is 5.59. The molecular formula is C10H8BrNO. The summed E-state index contributed by atoms with van der Waals surface area (Å²) in [7, 11) is 1.58. The zero-order valence-corrected chi connectivity index (χ0v) is 8.71. The van der Waals surface area contributed by atoms with Crippen molar-refractivity contribution in [1.82, 2.24) is 0 Å². The Balaban J connectivity index is 3.10. The molecule has 2 nitrogen and oxygen atoms in total. The van der Waals surface area contributed by atoms with Crippen molar-refractivity contribution in [2.45, 2.75) is 0 Å². The van der Waals surface area contributed by atoms with E-state index in [0.717, 1.165) is 10.0 Å². The first-order chi connectivity index (χ1) is 6.29. The molecule has 1 aromatic carbocycles. The summed E-state index contributed by atoms with van der Waals surface area (Å²) in [5.41, 5.74) is 1.55. The van der Waals surface area contributed by atoms with Crippen molar-refractivity contribution in [3.05, 3.63) is 40.1 Å². The van der Waals surface area contributed by atoms with Crippen LogP contribution in [0, 0.1) is 11.3 Å². The summed E-state index contributed by atoms with van der Waals surface area (Å²) in [5, 5.41) is 8.73. The highest BCUT2D eigenvalue weighted by Gasteiger charge is 2.01. The van der Waals surface area contributed by atoms with E-state index in [1.807, 2.05) is 12.1 Å². The molecule has 0 aliphatic carbocycles. The highest BCUT2D eigenvalue weighted by Crippen LogP contribution is 2.22. The summed E-state index contributed by atoms with van der Waals surface area (Å²) in [6.45, 7) is 0. The van der Waals surface area contributed by atoms with E-state index in [2.05, 4.69) is 22.0 Å². The van der Waals surface area contributed by atoms with E-state index in [1.165, 1.54) is 0 Å². The highest BCUT2D eigenvalue weighted by atomic mass is 79.9. The molecule has 3 heteroatoms. The van der Waals surface area contributed by atoms with E-state index in [-0.39, 0.29) is 0 Å². The zero-order valence-electron chi connectivity index (χ0n) is 7.12. The summed E-state index contributed by atoms with van der Waals surface area (Å²) >= 11 is 3.34. The van der Waals surface area contributed by atoms with Gasteiger partial charge in [-0.05, 0) is 33.6 Å². The predicted octanol–water partition coefficient (Wildman–Crippen LogP) is 2.94. The Hall–Kier alpha value is -1.27. The number of nitrogens with zero attached hydrogens (tertiary/aromatic N) is 1. The van der Waals surface area contributed by atoms with Crippen LogP contribution in [0.1, 0.15) is 11.1 Å². The van der Waals surface area contributed by atoms with Crippen LogP contribution in [0.25, 0.3) is 6.08 Å². The number of rotatable bonds is 2. The van der Waals surface area contributed by atoms with Crippen LogP contribution in [-0.2, 0) is 4.74 Å². The van der Waals surface area contributed by atoms with Gasteiger partial charge in [-0.2, -0.15) is 5.26 Å². The molecule has 66 valence electrons. The van der Waals surface area contributed by atoms with Gasteiger partial charge in [0.2, 0.25) is 0 Å². The van der Waals surface area contributed by atoms with E-state index in [0.29, 0.717) is 5.56 Å². The van der Waals surface area contributed by atoms with Crippen molar-refractivity contribution >= 4 is 22.0 Å². The summed E-state index contributed by atoms with van der Waals surface area (Å²) in [6, 6.07) is 7.58. The lowest BCUT2D eigenvalue weighted by Gasteiger charge is -1.99. The van der Waals surface area contributed by atoms with Crippen LogP contribution in [0.5, 0.6) is 0 Å². The molecule has 0 saturated heterocycles. The number of methoxy groups -OCH3 is 1. The summed E-state index contributed by atoms with van der Waals surface area (Å²) in [6.07, 6.45) is 3.37. The van der Waals surface area contributed by atoms with Crippen molar-refractivity contribution < 1.29 is 4.74 Å². The normalized spacial score (nSPS) is 9.92. The Morgan fingerprint density at radius 3 is 2.92 bits per heavy atom. The SMILES string of the molecule is COC=Cc1cccc(C#N)c1Br.